The Morgan fingerprint density at radius 2 is 1.06 bits per heavy atom. The van der Waals surface area contributed by atoms with Crippen LogP contribution in [0.1, 0.15) is 5.82 Å². The highest BCUT2D eigenvalue weighted by molar-refractivity contribution is 5.84. The molecule has 0 atom stereocenters. The third kappa shape index (κ3) is 4.29. The van der Waals surface area contributed by atoms with Gasteiger partial charge in [0, 0.05) is 13.0 Å². The van der Waals surface area contributed by atoms with E-state index in [0.717, 1.165) is 5.32 Å². The van der Waals surface area contributed by atoms with Gasteiger partial charge in [0.25, 0.3) is 5.91 Å². The predicted octanol–water partition coefficient (Wildman–Crippen LogP) is 3.87. The summed E-state index contributed by atoms with van der Waals surface area (Å²) < 4.78 is 223. The molecule has 1 heterocycles. The van der Waals surface area contributed by atoms with Gasteiger partial charge in [-0.1, -0.05) is 5.21 Å². The van der Waals surface area contributed by atoms with Crippen molar-refractivity contribution in [3.63, 3.8) is 0 Å². The number of halogens is 17. The fourth-order valence-corrected chi connectivity index (χ4v) is 1.99. The summed E-state index contributed by atoms with van der Waals surface area (Å²) in [5.41, 5.74) is 0. The summed E-state index contributed by atoms with van der Waals surface area (Å²) in [6, 6.07) is 0. The van der Waals surface area contributed by atoms with Gasteiger partial charge in [0.1, 0.15) is 0 Å². The average molecular weight is 559 g/mol. The molecule has 23 heteroatoms. The van der Waals surface area contributed by atoms with Gasteiger partial charge in [-0.05, 0) is 0 Å². The number of nitrogens with zero attached hydrogens (tertiary/aromatic N) is 3. The van der Waals surface area contributed by atoms with Crippen molar-refractivity contribution >= 4 is 5.91 Å². The molecule has 0 aromatic carbocycles. The number of H-pyrrole nitrogens is 1. The minimum absolute atomic E-state index is 0.440. The molecule has 0 aliphatic heterocycles. The molecule has 0 spiro atoms. The molecule has 0 bridgehead atoms. The van der Waals surface area contributed by atoms with Crippen LogP contribution in [-0.4, -0.2) is 80.7 Å². The van der Waals surface area contributed by atoms with Crippen molar-refractivity contribution in [2.75, 3.05) is 6.54 Å². The van der Waals surface area contributed by atoms with Gasteiger partial charge in [0.2, 0.25) is 0 Å². The van der Waals surface area contributed by atoms with Crippen LogP contribution in [0.5, 0.6) is 0 Å². The molecule has 1 aromatic heterocycles. The van der Waals surface area contributed by atoms with Crippen LogP contribution in [0.15, 0.2) is 0 Å². The fraction of sp³-hybridized carbons (Fsp3) is 0.833. The zero-order valence-electron chi connectivity index (χ0n) is 15.6. The van der Waals surface area contributed by atoms with E-state index in [0.29, 0.717) is 0 Å². The number of nitrogens with one attached hydrogen (secondary N) is 2. The van der Waals surface area contributed by atoms with Crippen LogP contribution >= 0.6 is 0 Å². The van der Waals surface area contributed by atoms with Gasteiger partial charge in [-0.25, -0.2) is 0 Å². The quantitative estimate of drug-likeness (QED) is 0.427. The van der Waals surface area contributed by atoms with Crippen LogP contribution in [-0.2, 0) is 11.2 Å². The Bertz CT molecular complexity index is 894. The second-order valence-electron chi connectivity index (χ2n) is 6.35. The first-order valence-corrected chi connectivity index (χ1v) is 7.97. The average Bonchev–Trinajstić information content (AvgIpc) is 3.19. The lowest BCUT2D eigenvalue weighted by atomic mass is 9.89. The minimum Gasteiger partial charge on any atom is -0.350 e. The number of carbonyl (C=O) groups is 1. The number of amides is 1. The molecular formula is C12H6F17N5O. The maximum Gasteiger partial charge on any atom is 0.460 e. The third-order valence-corrected chi connectivity index (χ3v) is 4.03. The van der Waals surface area contributed by atoms with E-state index in [1.54, 1.807) is 5.21 Å². The number of rotatable bonds is 10. The van der Waals surface area contributed by atoms with Crippen molar-refractivity contribution in [1.82, 2.24) is 25.9 Å². The molecule has 0 unspecified atom stereocenters. The van der Waals surface area contributed by atoms with E-state index in [2.05, 4.69) is 15.4 Å². The van der Waals surface area contributed by atoms with E-state index in [-0.39, 0.29) is 0 Å². The summed E-state index contributed by atoms with van der Waals surface area (Å²) in [5, 5.41) is 11.6. The monoisotopic (exact) mass is 559 g/mol. The van der Waals surface area contributed by atoms with Crippen molar-refractivity contribution in [2.24, 2.45) is 0 Å². The second-order valence-corrected chi connectivity index (χ2v) is 6.35. The normalized spacial score (nSPS) is 15.3. The van der Waals surface area contributed by atoms with Gasteiger partial charge < -0.3 is 5.32 Å². The van der Waals surface area contributed by atoms with Gasteiger partial charge in [-0.15, -0.1) is 10.2 Å². The Kier molecular flexibility index (Phi) is 7.36. The van der Waals surface area contributed by atoms with E-state index in [4.69, 9.17) is 0 Å². The van der Waals surface area contributed by atoms with Crippen LogP contribution in [0.3, 0.4) is 0 Å². The Morgan fingerprint density at radius 1 is 0.657 bits per heavy atom. The van der Waals surface area contributed by atoms with Crippen molar-refractivity contribution in [3.8, 4) is 0 Å². The molecular weight excluding hydrogens is 553 g/mol. The third-order valence-electron chi connectivity index (χ3n) is 4.03. The Balaban J connectivity index is 3.39. The zero-order valence-corrected chi connectivity index (χ0v) is 15.6. The number of hydrogen-bond acceptors (Lipinski definition) is 4. The van der Waals surface area contributed by atoms with Crippen LogP contribution in [0.25, 0.3) is 0 Å². The lowest BCUT2D eigenvalue weighted by molar-refractivity contribution is -0.459. The Hall–Kier alpha value is -2.65. The molecule has 1 rings (SSSR count). The van der Waals surface area contributed by atoms with Crippen LogP contribution in [0.2, 0.25) is 0 Å². The van der Waals surface area contributed by atoms with Crippen LogP contribution in [0.4, 0.5) is 74.6 Å². The molecule has 2 N–H and O–H groups in total. The molecule has 0 radical (unpaired) electrons. The summed E-state index contributed by atoms with van der Waals surface area (Å²) in [4.78, 5) is 11.2. The first kappa shape index (κ1) is 30.4. The summed E-state index contributed by atoms with van der Waals surface area (Å²) in [6.07, 6.45) is -8.61. The maximum atomic E-state index is 13.6. The smallest absolute Gasteiger partial charge is 0.350 e. The predicted molar refractivity (Wildman–Crippen MR) is 71.6 cm³/mol. The number of hydrogen-bond donors (Lipinski definition) is 2. The van der Waals surface area contributed by atoms with E-state index in [9.17, 15) is 79.4 Å². The van der Waals surface area contributed by atoms with E-state index in [1.165, 1.54) is 0 Å². The van der Waals surface area contributed by atoms with E-state index >= 15 is 0 Å². The second kappa shape index (κ2) is 8.48. The molecule has 1 amide bonds. The molecule has 6 nitrogen and oxygen atoms in total. The van der Waals surface area contributed by atoms with Crippen LogP contribution in [0, 0.1) is 0 Å². The molecule has 0 aliphatic rings. The standard InChI is InChI=1S/C12H6F17N5O/c13-5(14,4(35)30-2-1-3-31-33-34-32-3)6(15,16)7(17,18)8(19,20)9(21,22)10(23,24)11(25,26)12(27,28)29/h1-2H2,(H,30,35)(H,31,32,33,34). The number of tetrazole rings is 1. The molecule has 204 valence electrons. The van der Waals surface area contributed by atoms with Gasteiger partial charge in [0.15, 0.2) is 5.82 Å². The van der Waals surface area contributed by atoms with Gasteiger partial charge in [0.05, 0.1) is 0 Å². The van der Waals surface area contributed by atoms with E-state index < -0.39 is 72.3 Å². The van der Waals surface area contributed by atoms with Crippen molar-refractivity contribution in [3.05, 3.63) is 5.82 Å². The largest absolute Gasteiger partial charge is 0.460 e. The maximum absolute atomic E-state index is 13.6. The zero-order chi connectivity index (χ0) is 28.1. The first-order chi connectivity index (χ1) is 15.2. The summed E-state index contributed by atoms with van der Waals surface area (Å²) >= 11 is 0. The number of carbonyl (C=O) groups excluding carboxylic acids is 1. The first-order valence-electron chi connectivity index (χ1n) is 7.97. The molecule has 35 heavy (non-hydrogen) atoms. The van der Waals surface area contributed by atoms with Gasteiger partial charge in [-0.2, -0.15) is 79.9 Å². The van der Waals surface area contributed by atoms with Gasteiger partial charge in [-0.3, -0.25) is 4.79 Å². The Morgan fingerprint density at radius 3 is 1.43 bits per heavy atom. The number of aromatic amines is 1. The van der Waals surface area contributed by atoms with Gasteiger partial charge >= 0.3 is 47.6 Å². The lowest BCUT2D eigenvalue weighted by Crippen LogP contribution is -2.75. The van der Waals surface area contributed by atoms with Crippen molar-refractivity contribution < 1.29 is 79.4 Å². The summed E-state index contributed by atoms with van der Waals surface area (Å²) in [7, 11) is 0. The highest BCUT2D eigenvalue weighted by atomic mass is 19.4. The summed E-state index contributed by atoms with van der Waals surface area (Å²) in [6.45, 7) is -1.25. The minimum atomic E-state index is -8.75. The van der Waals surface area contributed by atoms with E-state index in [1.807, 2.05) is 0 Å². The Labute approximate surface area is 179 Å². The lowest BCUT2D eigenvalue weighted by Gasteiger charge is -2.42. The summed E-state index contributed by atoms with van der Waals surface area (Å²) in [5.74, 6) is -62.2. The van der Waals surface area contributed by atoms with Crippen LogP contribution < -0.4 is 5.32 Å². The molecule has 0 saturated heterocycles. The van der Waals surface area contributed by atoms with Crippen molar-refractivity contribution in [1.29, 1.82) is 0 Å². The molecule has 0 fully saturated rings. The molecule has 1 aromatic rings. The number of alkyl halides is 17. The number of aromatic nitrogens is 4. The molecule has 0 aliphatic carbocycles. The van der Waals surface area contributed by atoms with Crippen molar-refractivity contribution in [2.45, 2.75) is 54.1 Å². The topological polar surface area (TPSA) is 83.6 Å². The highest BCUT2D eigenvalue weighted by Gasteiger charge is 2.95. The fourth-order valence-electron chi connectivity index (χ4n) is 1.99. The SMILES string of the molecule is O=C(NCCc1nn[nH]n1)C(F)(F)C(F)(F)C(F)(F)C(F)(F)C(F)(F)C(F)(F)C(F)(F)C(F)(F)F. The molecule has 0 saturated carbocycles. The highest BCUT2D eigenvalue weighted by Crippen LogP contribution is 2.63.